The van der Waals surface area contributed by atoms with Crippen molar-refractivity contribution in [1.82, 2.24) is 5.32 Å². The van der Waals surface area contributed by atoms with Gasteiger partial charge in [0.1, 0.15) is 0 Å². The van der Waals surface area contributed by atoms with Crippen LogP contribution in [-0.4, -0.2) is 19.6 Å². The molecule has 1 atom stereocenters. The van der Waals surface area contributed by atoms with Crippen LogP contribution in [0.3, 0.4) is 0 Å². The van der Waals surface area contributed by atoms with Gasteiger partial charge >= 0.3 is 5.97 Å². The molecular formula is C12H14BrNO2. The first-order valence-electron chi connectivity index (χ1n) is 5.26. The first-order chi connectivity index (χ1) is 7.70. The highest BCUT2D eigenvalue weighted by Gasteiger charge is 2.22. The van der Waals surface area contributed by atoms with Crippen molar-refractivity contribution < 1.29 is 9.53 Å². The van der Waals surface area contributed by atoms with Crippen molar-refractivity contribution in [2.45, 2.75) is 18.9 Å². The van der Waals surface area contributed by atoms with Crippen LogP contribution in [0, 0.1) is 0 Å². The molecule has 1 unspecified atom stereocenters. The molecule has 1 aromatic rings. The Morgan fingerprint density at radius 2 is 2.44 bits per heavy atom. The number of esters is 1. The van der Waals surface area contributed by atoms with Gasteiger partial charge in [0.2, 0.25) is 0 Å². The second-order valence-corrected chi connectivity index (χ2v) is 4.87. The maximum absolute atomic E-state index is 11.3. The number of halogens is 1. The van der Waals surface area contributed by atoms with E-state index in [0.29, 0.717) is 6.42 Å². The van der Waals surface area contributed by atoms with E-state index in [1.165, 1.54) is 18.2 Å². The van der Waals surface area contributed by atoms with Crippen LogP contribution in [0.1, 0.15) is 23.5 Å². The van der Waals surface area contributed by atoms with Crippen molar-refractivity contribution in [2.24, 2.45) is 0 Å². The van der Waals surface area contributed by atoms with Crippen molar-refractivity contribution in [2.75, 3.05) is 13.7 Å². The summed E-state index contributed by atoms with van der Waals surface area (Å²) in [5.74, 6) is 0.0633. The third-order valence-electron chi connectivity index (χ3n) is 2.89. The molecule has 1 aliphatic rings. The minimum atomic E-state index is -0.153. The predicted molar refractivity (Wildman–Crippen MR) is 65.2 cm³/mol. The molecule has 0 amide bonds. The van der Waals surface area contributed by atoms with E-state index in [1.807, 2.05) is 6.07 Å². The van der Waals surface area contributed by atoms with Crippen LogP contribution in [0.15, 0.2) is 22.7 Å². The molecule has 0 radical (unpaired) electrons. The molecule has 1 heterocycles. The summed E-state index contributed by atoms with van der Waals surface area (Å²) >= 11 is 3.46. The fraction of sp³-hybridized carbons (Fsp3) is 0.417. The highest BCUT2D eigenvalue weighted by Crippen LogP contribution is 2.29. The fourth-order valence-electron chi connectivity index (χ4n) is 2.06. The summed E-state index contributed by atoms with van der Waals surface area (Å²) in [7, 11) is 1.43. The van der Waals surface area contributed by atoms with Crippen molar-refractivity contribution >= 4 is 21.9 Å². The fourth-order valence-corrected chi connectivity index (χ4v) is 2.44. The normalized spacial score (nSPS) is 19.0. The lowest BCUT2D eigenvalue weighted by molar-refractivity contribution is -0.141. The van der Waals surface area contributed by atoms with Gasteiger partial charge in [0.25, 0.3) is 0 Å². The average molecular weight is 284 g/mol. The van der Waals surface area contributed by atoms with Gasteiger partial charge in [-0.2, -0.15) is 0 Å². The van der Waals surface area contributed by atoms with Gasteiger partial charge in [-0.25, -0.2) is 0 Å². The lowest BCUT2D eigenvalue weighted by Gasteiger charge is -2.25. The summed E-state index contributed by atoms with van der Waals surface area (Å²) in [4.78, 5) is 11.3. The van der Waals surface area contributed by atoms with Crippen LogP contribution in [0.4, 0.5) is 0 Å². The zero-order valence-corrected chi connectivity index (χ0v) is 10.7. The second kappa shape index (κ2) is 4.97. The molecule has 0 bridgehead atoms. The summed E-state index contributed by atoms with van der Waals surface area (Å²) in [6, 6.07) is 6.22. The van der Waals surface area contributed by atoms with E-state index in [4.69, 9.17) is 4.74 Å². The molecule has 86 valence electrons. The van der Waals surface area contributed by atoms with E-state index < -0.39 is 0 Å². The Labute approximate surface area is 103 Å². The molecule has 1 aliphatic heterocycles. The van der Waals surface area contributed by atoms with Crippen molar-refractivity contribution in [3.05, 3.63) is 33.8 Å². The lowest BCUT2D eigenvalue weighted by Crippen LogP contribution is -2.29. The highest BCUT2D eigenvalue weighted by atomic mass is 79.9. The van der Waals surface area contributed by atoms with E-state index in [-0.39, 0.29) is 11.9 Å². The van der Waals surface area contributed by atoms with Gasteiger partial charge in [0.05, 0.1) is 13.5 Å². The van der Waals surface area contributed by atoms with E-state index in [2.05, 4.69) is 33.4 Å². The minimum Gasteiger partial charge on any atom is -0.469 e. The topological polar surface area (TPSA) is 38.3 Å². The van der Waals surface area contributed by atoms with Crippen LogP contribution in [0.2, 0.25) is 0 Å². The maximum Gasteiger partial charge on any atom is 0.306 e. The van der Waals surface area contributed by atoms with Crippen LogP contribution in [-0.2, 0) is 16.1 Å². The number of methoxy groups -OCH3 is 1. The zero-order chi connectivity index (χ0) is 11.5. The van der Waals surface area contributed by atoms with E-state index in [0.717, 1.165) is 17.6 Å². The SMILES string of the molecule is COC(=O)CC1CNCc2ccc(Br)cc21. The van der Waals surface area contributed by atoms with Crippen molar-refractivity contribution in [1.29, 1.82) is 0 Å². The van der Waals surface area contributed by atoms with Gasteiger partial charge in [-0.15, -0.1) is 0 Å². The summed E-state index contributed by atoms with van der Waals surface area (Å²) in [5, 5.41) is 3.32. The smallest absolute Gasteiger partial charge is 0.306 e. The van der Waals surface area contributed by atoms with Gasteiger partial charge < -0.3 is 10.1 Å². The number of benzene rings is 1. The number of rotatable bonds is 2. The summed E-state index contributed by atoms with van der Waals surface area (Å²) in [6.45, 7) is 1.71. The summed E-state index contributed by atoms with van der Waals surface area (Å²) < 4.78 is 5.78. The molecule has 3 nitrogen and oxygen atoms in total. The minimum absolute atomic E-state index is 0.153. The Balaban J connectivity index is 2.24. The number of carbonyl (C=O) groups excluding carboxylic acids is 1. The number of hydrogen-bond donors (Lipinski definition) is 1. The number of hydrogen-bond acceptors (Lipinski definition) is 3. The summed E-state index contributed by atoms with van der Waals surface area (Å²) in [6.07, 6.45) is 0.437. The third kappa shape index (κ3) is 2.44. The third-order valence-corrected chi connectivity index (χ3v) is 3.39. The molecule has 4 heteroatoms. The Kier molecular flexibility index (Phi) is 3.61. The van der Waals surface area contributed by atoms with E-state index in [1.54, 1.807) is 0 Å². The Bertz CT molecular complexity index is 406. The van der Waals surface area contributed by atoms with Gasteiger partial charge in [-0.1, -0.05) is 22.0 Å². The molecule has 0 saturated carbocycles. The van der Waals surface area contributed by atoms with Crippen LogP contribution < -0.4 is 5.32 Å². The van der Waals surface area contributed by atoms with E-state index >= 15 is 0 Å². The van der Waals surface area contributed by atoms with Gasteiger partial charge in [-0.3, -0.25) is 4.79 Å². The standard InChI is InChI=1S/C12H14BrNO2/c1-16-12(15)4-9-7-14-6-8-2-3-10(13)5-11(8)9/h2-3,5,9,14H,4,6-7H2,1H3. The number of fused-ring (bicyclic) bond motifs is 1. The van der Waals surface area contributed by atoms with Crippen molar-refractivity contribution in [3.63, 3.8) is 0 Å². The number of nitrogens with one attached hydrogen (secondary N) is 1. The lowest BCUT2D eigenvalue weighted by atomic mass is 9.88. The first kappa shape index (κ1) is 11.6. The zero-order valence-electron chi connectivity index (χ0n) is 9.13. The largest absolute Gasteiger partial charge is 0.469 e. The quantitative estimate of drug-likeness (QED) is 0.846. The Hall–Kier alpha value is -0.870. The monoisotopic (exact) mass is 283 g/mol. The molecular weight excluding hydrogens is 270 g/mol. The molecule has 0 aliphatic carbocycles. The molecule has 1 aromatic carbocycles. The van der Waals surface area contributed by atoms with Crippen molar-refractivity contribution in [3.8, 4) is 0 Å². The molecule has 0 fully saturated rings. The Morgan fingerprint density at radius 3 is 3.19 bits per heavy atom. The Morgan fingerprint density at radius 1 is 1.62 bits per heavy atom. The maximum atomic E-state index is 11.3. The van der Waals surface area contributed by atoms with E-state index in [9.17, 15) is 4.79 Å². The van der Waals surface area contributed by atoms with Crippen LogP contribution in [0.5, 0.6) is 0 Å². The highest BCUT2D eigenvalue weighted by molar-refractivity contribution is 9.10. The van der Waals surface area contributed by atoms with Gasteiger partial charge in [-0.05, 0) is 23.3 Å². The molecule has 0 spiro atoms. The second-order valence-electron chi connectivity index (χ2n) is 3.95. The predicted octanol–water partition coefficient (Wildman–Crippen LogP) is 2.20. The summed E-state index contributed by atoms with van der Waals surface area (Å²) in [5.41, 5.74) is 2.52. The number of carbonyl (C=O) groups is 1. The van der Waals surface area contributed by atoms with Crippen LogP contribution >= 0.6 is 15.9 Å². The average Bonchev–Trinajstić information content (AvgIpc) is 2.29. The molecule has 0 saturated heterocycles. The van der Waals surface area contributed by atoms with Gasteiger partial charge in [0, 0.05) is 23.5 Å². The molecule has 1 N–H and O–H groups in total. The molecule has 0 aromatic heterocycles. The number of ether oxygens (including phenoxy) is 1. The molecule has 16 heavy (non-hydrogen) atoms. The molecule has 2 rings (SSSR count). The van der Waals surface area contributed by atoms with Crippen LogP contribution in [0.25, 0.3) is 0 Å². The van der Waals surface area contributed by atoms with Gasteiger partial charge in [0.15, 0.2) is 0 Å². The first-order valence-corrected chi connectivity index (χ1v) is 6.06.